The van der Waals surface area contributed by atoms with Gasteiger partial charge in [-0.1, -0.05) is 79.3 Å². The summed E-state index contributed by atoms with van der Waals surface area (Å²) in [7, 11) is 2.54. The van der Waals surface area contributed by atoms with E-state index in [0.29, 0.717) is 25.7 Å². The predicted octanol–water partition coefficient (Wildman–Crippen LogP) is -2.06. The number of aliphatic imine (C=N–C) groups is 1. The van der Waals surface area contributed by atoms with Gasteiger partial charge in [0, 0.05) is 60.0 Å². The van der Waals surface area contributed by atoms with Crippen molar-refractivity contribution in [3.8, 4) is 0 Å². The van der Waals surface area contributed by atoms with Crippen LogP contribution in [0.25, 0.3) is 10.9 Å². The topological polar surface area (TPSA) is 433 Å². The highest BCUT2D eigenvalue weighted by Crippen LogP contribution is 2.48. The molecule has 2 aromatic rings. The maximum atomic E-state index is 14.9. The van der Waals surface area contributed by atoms with Crippen LogP contribution in [0.3, 0.4) is 0 Å². The quantitative estimate of drug-likeness (QED) is 0.0311. The Balaban J connectivity index is 1.53. The highest BCUT2D eigenvalue weighted by atomic mass is 33.1. The van der Waals surface area contributed by atoms with Crippen molar-refractivity contribution in [2.45, 2.75) is 157 Å². The van der Waals surface area contributed by atoms with Gasteiger partial charge in [0.25, 0.3) is 0 Å². The van der Waals surface area contributed by atoms with Gasteiger partial charge in [0.2, 0.25) is 65.0 Å². The summed E-state index contributed by atoms with van der Waals surface area (Å²) in [5.41, 5.74) is 28.8. The van der Waals surface area contributed by atoms with Gasteiger partial charge in [-0.15, -0.1) is 0 Å². The van der Waals surface area contributed by atoms with Crippen LogP contribution in [-0.2, 0) is 59.2 Å². The van der Waals surface area contributed by atoms with Gasteiger partial charge in [-0.05, 0) is 62.5 Å². The van der Waals surface area contributed by atoms with E-state index in [4.69, 9.17) is 28.7 Å². The second-order valence-electron chi connectivity index (χ2n) is 20.1. The fourth-order valence-electron chi connectivity index (χ4n) is 9.72. The van der Waals surface area contributed by atoms with Crippen LogP contribution < -0.4 is 65.9 Å². The minimum absolute atomic E-state index is 0.0243. The first kappa shape index (κ1) is 61.7. The summed E-state index contributed by atoms with van der Waals surface area (Å²) < 4.78 is -0.726. The first-order chi connectivity index (χ1) is 37.1. The van der Waals surface area contributed by atoms with Crippen molar-refractivity contribution in [2.24, 2.45) is 39.6 Å². The second kappa shape index (κ2) is 29.6. The molecule has 1 aliphatic carbocycles. The summed E-state index contributed by atoms with van der Waals surface area (Å²) in [6.45, 7) is 3.14. The van der Waals surface area contributed by atoms with E-state index < -0.39 is 137 Å². The third-order valence-corrected chi connectivity index (χ3v) is 17.4. The Bertz CT molecular complexity index is 2550. The number of hydrogen-bond acceptors (Lipinski definition) is 14. The fraction of sp³-hybridized carbons (Fsp3) is 0.600. The fourth-order valence-corrected chi connectivity index (χ4v) is 13.1. The number of guanidine groups is 1. The molecule has 1 spiro atoms. The number of likely N-dealkylation sites (tertiary alicyclic amines) is 1. The van der Waals surface area contributed by atoms with Gasteiger partial charge in [0.1, 0.15) is 42.3 Å². The van der Waals surface area contributed by atoms with E-state index in [-0.39, 0.29) is 63.3 Å². The van der Waals surface area contributed by atoms with Crippen LogP contribution in [0.4, 0.5) is 0 Å². The number of carbonyl (C=O) groups is 11. The number of hydrogen-bond donors (Lipinski definition) is 13. The van der Waals surface area contributed by atoms with Crippen molar-refractivity contribution in [3.05, 3.63) is 36.0 Å². The molecule has 8 atom stereocenters. The average molecular weight is 1130 g/mol. The molecule has 26 nitrogen and oxygen atoms in total. The molecular weight excluding hydrogens is 1050 g/mol. The number of nitrogens with one attached hydrogen (secondary N) is 8. The normalized spacial score (nSPS) is 23.5. The summed E-state index contributed by atoms with van der Waals surface area (Å²) in [6, 6.07) is -2.17. The lowest BCUT2D eigenvalue weighted by Gasteiger charge is -2.37. The highest BCUT2D eigenvalue weighted by molar-refractivity contribution is 8.77. The molecule has 1 saturated carbocycles. The second-order valence-corrected chi connectivity index (χ2v) is 22.9. The largest absolute Gasteiger partial charge is 0.370 e. The monoisotopic (exact) mass is 1130 g/mol. The number of carbonyl (C=O) groups excluding carboxylic acids is 11. The number of rotatable bonds is 19. The van der Waals surface area contributed by atoms with Crippen LogP contribution in [0.1, 0.15) is 109 Å². The Labute approximate surface area is 459 Å². The van der Waals surface area contributed by atoms with Crippen LogP contribution in [0, 0.1) is 5.92 Å². The van der Waals surface area contributed by atoms with Crippen LogP contribution in [0.5, 0.6) is 0 Å². The number of aromatic nitrogens is 1. The molecular formula is C50H75N15O11S2. The Kier molecular flexibility index (Phi) is 23.4. The first-order valence-electron chi connectivity index (χ1n) is 26.3. The SMILES string of the molecule is CC[C@H](C)[C@@H]1NC(=O)[C@@H](Cc2c[nH]c3ccccc23)NC(=O)CC2(CCCCC2)SSC[C@@H](C(=O)N2CCC[C@H]2C(=O)N[C@@H](CCCN=C(N)N)C(=O)NCC(N)=O)NC(=O)[C@H](CC(N)=O)NC(=O)[C@@H](CCC(N)=O)NC1=O. The van der Waals surface area contributed by atoms with Gasteiger partial charge in [-0.25, -0.2) is 0 Å². The van der Waals surface area contributed by atoms with Gasteiger partial charge < -0.3 is 75.8 Å². The lowest BCUT2D eigenvalue weighted by Crippen LogP contribution is -2.61. The van der Waals surface area contributed by atoms with Crippen LogP contribution in [-0.4, -0.2) is 153 Å². The standard InChI is InChI=1S/C50H75N15O11S2/c1-3-27(2)41-47(75)61-32(15-16-37(51)66)43(71)62-34(22-38(52)67)44(72)63-35(48(76)65-20-10-14-36(65)46(74)60-31(13-9-19-56-49(54)55)42(70)58-25-39(53)68)26-77-78-50(17-7-4-8-18-50)23-40(69)59-33(45(73)64-41)21-28-24-57-30-12-6-5-11-29(28)30/h5-6,11-12,24,27,31-36,41,57H,3-4,7-10,13-23,25-26H2,1-2H3,(H2,51,66)(H2,52,67)(H2,53,68)(H,58,70)(H,59,69)(H,60,74)(H,61,75)(H,62,71)(H,63,72)(H,64,73)(H4,54,55,56)/t27-,31-,32+,33+,34-,35-,36-,41-/m0/s1. The van der Waals surface area contributed by atoms with E-state index in [1.807, 2.05) is 24.3 Å². The third kappa shape index (κ3) is 18.3. The molecule has 28 heteroatoms. The summed E-state index contributed by atoms with van der Waals surface area (Å²) in [4.78, 5) is 159. The minimum Gasteiger partial charge on any atom is -0.370 e. The molecule has 3 fully saturated rings. The number of nitrogens with two attached hydrogens (primary N) is 5. The number of primary amides is 3. The lowest BCUT2D eigenvalue weighted by atomic mass is 9.85. The van der Waals surface area contributed by atoms with Crippen LogP contribution >= 0.6 is 21.6 Å². The van der Waals surface area contributed by atoms with E-state index >= 15 is 0 Å². The molecule has 1 aromatic carbocycles. The Hall–Kier alpha value is -7.10. The minimum atomic E-state index is -1.75. The van der Waals surface area contributed by atoms with Crippen molar-refractivity contribution < 1.29 is 52.7 Å². The zero-order valence-electron chi connectivity index (χ0n) is 44.0. The molecule has 0 radical (unpaired) electrons. The zero-order valence-corrected chi connectivity index (χ0v) is 45.7. The van der Waals surface area contributed by atoms with E-state index in [9.17, 15) is 52.7 Å². The molecule has 78 heavy (non-hydrogen) atoms. The predicted molar refractivity (Wildman–Crippen MR) is 293 cm³/mol. The number of para-hydroxylation sites is 1. The van der Waals surface area contributed by atoms with Crippen molar-refractivity contribution in [1.29, 1.82) is 0 Å². The molecule has 2 aliphatic heterocycles. The molecule has 0 bridgehead atoms. The Morgan fingerprint density at radius 1 is 0.821 bits per heavy atom. The van der Waals surface area contributed by atoms with E-state index in [1.54, 1.807) is 20.0 Å². The first-order valence-corrected chi connectivity index (χ1v) is 28.6. The van der Waals surface area contributed by atoms with Crippen molar-refractivity contribution in [3.63, 3.8) is 0 Å². The summed E-state index contributed by atoms with van der Waals surface area (Å²) in [5.74, 6) is -9.80. The molecule has 11 amide bonds. The average Bonchev–Trinajstić information content (AvgIpc) is 4.07. The number of H-pyrrole nitrogens is 1. The lowest BCUT2D eigenvalue weighted by molar-refractivity contribution is -0.142. The van der Waals surface area contributed by atoms with Gasteiger partial charge >= 0.3 is 0 Å². The molecule has 18 N–H and O–H groups in total. The molecule has 3 aliphatic rings. The van der Waals surface area contributed by atoms with Gasteiger partial charge in [-0.3, -0.25) is 57.7 Å². The molecule has 3 heterocycles. The van der Waals surface area contributed by atoms with Crippen LogP contribution in [0.15, 0.2) is 35.5 Å². The maximum Gasteiger partial charge on any atom is 0.246 e. The zero-order chi connectivity index (χ0) is 57.1. The molecule has 1 aromatic heterocycles. The van der Waals surface area contributed by atoms with Crippen LogP contribution in [0.2, 0.25) is 0 Å². The maximum absolute atomic E-state index is 14.9. The van der Waals surface area contributed by atoms with Gasteiger partial charge in [0.15, 0.2) is 5.96 Å². The Morgan fingerprint density at radius 3 is 2.19 bits per heavy atom. The summed E-state index contributed by atoms with van der Waals surface area (Å²) in [5, 5.41) is 19.4. The Morgan fingerprint density at radius 2 is 1.51 bits per heavy atom. The number of aromatic amines is 1. The molecule has 5 rings (SSSR count). The van der Waals surface area contributed by atoms with Gasteiger partial charge in [0.05, 0.1) is 13.0 Å². The smallest absolute Gasteiger partial charge is 0.246 e. The van der Waals surface area contributed by atoms with E-state index in [0.717, 1.165) is 35.7 Å². The molecule has 428 valence electrons. The summed E-state index contributed by atoms with van der Waals surface area (Å²) >= 11 is 0. The van der Waals surface area contributed by atoms with Crippen molar-refractivity contribution in [2.75, 3.05) is 25.4 Å². The third-order valence-electron chi connectivity index (χ3n) is 14.1. The highest BCUT2D eigenvalue weighted by Gasteiger charge is 2.42. The number of benzene rings is 1. The van der Waals surface area contributed by atoms with Crippen molar-refractivity contribution in [1.82, 2.24) is 47.1 Å². The van der Waals surface area contributed by atoms with E-state index in [2.05, 4.69) is 47.2 Å². The molecule has 0 unspecified atom stereocenters. The van der Waals surface area contributed by atoms with Gasteiger partial charge in [-0.2, -0.15) is 0 Å². The van der Waals surface area contributed by atoms with E-state index in [1.165, 1.54) is 26.5 Å². The summed E-state index contributed by atoms with van der Waals surface area (Å²) in [6.07, 6.45) is 4.84. The van der Waals surface area contributed by atoms with Crippen molar-refractivity contribution >= 4 is 103 Å². The number of fused-ring (bicyclic) bond motifs is 1. The molecule has 2 saturated heterocycles. The number of nitrogens with zero attached hydrogens (tertiary/aromatic N) is 2. The number of amides is 11.